The van der Waals surface area contributed by atoms with Gasteiger partial charge >= 0.3 is 11.9 Å². The van der Waals surface area contributed by atoms with Crippen LogP contribution in [0.25, 0.3) is 0 Å². The lowest BCUT2D eigenvalue weighted by atomic mass is 9.91. The molecule has 0 aromatic rings. The molecule has 0 bridgehead atoms. The molecule has 0 N–H and O–H groups in total. The van der Waals surface area contributed by atoms with Gasteiger partial charge in [0.05, 0.1) is 18.8 Å². The average Bonchev–Trinajstić information content (AvgIpc) is 2.27. The van der Waals surface area contributed by atoms with Gasteiger partial charge < -0.3 is 9.47 Å². The van der Waals surface area contributed by atoms with Gasteiger partial charge in [-0.2, -0.15) is 0 Å². The zero-order valence-electron chi connectivity index (χ0n) is 12.9. The Kier molecular flexibility index (Phi) is 8.12. The topological polar surface area (TPSA) is 52.6 Å². The number of rotatable bonds is 7. The molecular weight excluding hydrogens is 244 g/mol. The molecule has 110 valence electrons. The van der Waals surface area contributed by atoms with Gasteiger partial charge in [0, 0.05) is 5.57 Å². The monoisotopic (exact) mass is 270 g/mol. The van der Waals surface area contributed by atoms with Crippen LogP contribution in [0, 0.1) is 11.8 Å². The molecule has 0 aromatic heterocycles. The third-order valence-electron chi connectivity index (χ3n) is 2.53. The first kappa shape index (κ1) is 17.7. The van der Waals surface area contributed by atoms with E-state index in [4.69, 9.17) is 9.47 Å². The zero-order chi connectivity index (χ0) is 15.0. The summed E-state index contributed by atoms with van der Waals surface area (Å²) in [5.74, 6) is -0.631. The average molecular weight is 270 g/mol. The molecule has 0 amide bonds. The fourth-order valence-corrected chi connectivity index (χ4v) is 1.85. The Labute approximate surface area is 116 Å². The fourth-order valence-electron chi connectivity index (χ4n) is 1.85. The summed E-state index contributed by atoms with van der Waals surface area (Å²) in [5.41, 5.74) is 0.888. The van der Waals surface area contributed by atoms with E-state index in [1.807, 2.05) is 27.7 Å². The zero-order valence-corrected chi connectivity index (χ0v) is 12.9. The van der Waals surface area contributed by atoms with Crippen LogP contribution < -0.4 is 0 Å². The van der Waals surface area contributed by atoms with E-state index in [1.54, 1.807) is 13.8 Å². The standard InChI is InChI=1S/C15H26O4/c1-7-18-14(16)12(9-10(3)4)13(11(5)6)15(17)19-8-2/h10-11H,7-9H2,1-6H3. The van der Waals surface area contributed by atoms with Crippen molar-refractivity contribution < 1.29 is 19.1 Å². The van der Waals surface area contributed by atoms with E-state index in [0.29, 0.717) is 30.8 Å². The highest BCUT2D eigenvalue weighted by molar-refractivity contribution is 6.00. The minimum atomic E-state index is -0.416. The van der Waals surface area contributed by atoms with Crippen LogP contribution >= 0.6 is 0 Å². The van der Waals surface area contributed by atoms with Gasteiger partial charge in [0.15, 0.2) is 0 Å². The second-order valence-electron chi connectivity index (χ2n) is 5.09. The van der Waals surface area contributed by atoms with Gasteiger partial charge in [-0.25, -0.2) is 9.59 Å². The largest absolute Gasteiger partial charge is 0.463 e. The highest BCUT2D eigenvalue weighted by Gasteiger charge is 2.25. The lowest BCUT2D eigenvalue weighted by Crippen LogP contribution is -2.21. The van der Waals surface area contributed by atoms with Crippen molar-refractivity contribution >= 4 is 11.9 Å². The van der Waals surface area contributed by atoms with Crippen molar-refractivity contribution in [2.45, 2.75) is 48.0 Å². The Hall–Kier alpha value is -1.32. The summed E-state index contributed by atoms with van der Waals surface area (Å²) in [5, 5.41) is 0. The van der Waals surface area contributed by atoms with Crippen molar-refractivity contribution in [3.8, 4) is 0 Å². The number of hydrogen-bond donors (Lipinski definition) is 0. The van der Waals surface area contributed by atoms with Gasteiger partial charge in [-0.05, 0) is 32.1 Å². The van der Waals surface area contributed by atoms with Crippen LogP contribution in [-0.4, -0.2) is 25.2 Å². The summed E-state index contributed by atoms with van der Waals surface area (Å²) < 4.78 is 10.1. The Morgan fingerprint density at radius 3 is 1.74 bits per heavy atom. The maximum atomic E-state index is 12.0. The number of ether oxygens (including phenoxy) is 2. The van der Waals surface area contributed by atoms with E-state index < -0.39 is 11.9 Å². The number of carbonyl (C=O) groups is 2. The van der Waals surface area contributed by atoms with E-state index in [0.717, 1.165) is 0 Å². The first-order chi connectivity index (χ1) is 8.84. The first-order valence-electron chi connectivity index (χ1n) is 6.92. The molecular formula is C15H26O4. The molecule has 4 heteroatoms. The van der Waals surface area contributed by atoms with Crippen molar-refractivity contribution in [2.75, 3.05) is 13.2 Å². The van der Waals surface area contributed by atoms with Crippen molar-refractivity contribution in [1.29, 1.82) is 0 Å². The Balaban J connectivity index is 5.55. The summed E-state index contributed by atoms with van der Waals surface area (Å²) in [6, 6.07) is 0. The van der Waals surface area contributed by atoms with E-state index in [2.05, 4.69) is 0 Å². The fraction of sp³-hybridized carbons (Fsp3) is 0.733. The van der Waals surface area contributed by atoms with Crippen molar-refractivity contribution in [2.24, 2.45) is 11.8 Å². The van der Waals surface area contributed by atoms with Crippen LogP contribution in [0.3, 0.4) is 0 Å². The third-order valence-corrected chi connectivity index (χ3v) is 2.53. The normalized spacial score (nSPS) is 12.4. The number of carbonyl (C=O) groups excluding carboxylic acids is 2. The summed E-state index contributed by atoms with van der Waals surface area (Å²) in [6.45, 7) is 11.9. The second kappa shape index (κ2) is 8.73. The molecule has 0 aromatic carbocycles. The predicted molar refractivity (Wildman–Crippen MR) is 74.6 cm³/mol. The Morgan fingerprint density at radius 2 is 1.37 bits per heavy atom. The van der Waals surface area contributed by atoms with Gasteiger partial charge in [-0.3, -0.25) is 0 Å². The maximum absolute atomic E-state index is 12.0. The van der Waals surface area contributed by atoms with Crippen LogP contribution in [0.1, 0.15) is 48.0 Å². The van der Waals surface area contributed by atoms with E-state index in [9.17, 15) is 9.59 Å². The van der Waals surface area contributed by atoms with Crippen LogP contribution in [0.2, 0.25) is 0 Å². The summed E-state index contributed by atoms with van der Waals surface area (Å²) in [6.07, 6.45) is 0.519. The number of hydrogen-bond acceptors (Lipinski definition) is 4. The van der Waals surface area contributed by atoms with E-state index in [-0.39, 0.29) is 11.8 Å². The van der Waals surface area contributed by atoms with Gasteiger partial charge in [0.1, 0.15) is 0 Å². The Morgan fingerprint density at radius 1 is 0.895 bits per heavy atom. The third kappa shape index (κ3) is 5.90. The van der Waals surface area contributed by atoms with E-state index in [1.165, 1.54) is 0 Å². The molecule has 19 heavy (non-hydrogen) atoms. The quantitative estimate of drug-likeness (QED) is 0.527. The molecule has 0 aliphatic heterocycles. The smallest absolute Gasteiger partial charge is 0.334 e. The molecule has 0 rings (SSSR count). The lowest BCUT2D eigenvalue weighted by molar-refractivity contribution is -0.142. The molecule has 0 radical (unpaired) electrons. The molecule has 4 nitrogen and oxygen atoms in total. The second-order valence-corrected chi connectivity index (χ2v) is 5.09. The molecule has 0 heterocycles. The highest BCUT2D eigenvalue weighted by Crippen LogP contribution is 2.23. The molecule has 0 atom stereocenters. The van der Waals surface area contributed by atoms with Crippen LogP contribution in [0.15, 0.2) is 11.1 Å². The summed E-state index contributed by atoms with van der Waals surface area (Å²) >= 11 is 0. The van der Waals surface area contributed by atoms with Crippen molar-refractivity contribution in [3.63, 3.8) is 0 Å². The molecule has 0 fully saturated rings. The van der Waals surface area contributed by atoms with Gasteiger partial charge in [0.2, 0.25) is 0 Å². The molecule has 0 aliphatic rings. The summed E-state index contributed by atoms with van der Waals surface area (Å²) in [4.78, 5) is 24.1. The molecule has 0 saturated carbocycles. The van der Waals surface area contributed by atoms with Crippen molar-refractivity contribution in [1.82, 2.24) is 0 Å². The predicted octanol–water partition coefficient (Wildman–Crippen LogP) is 3.11. The minimum absolute atomic E-state index is 0.0720. The molecule has 0 spiro atoms. The number of esters is 2. The van der Waals surface area contributed by atoms with Crippen LogP contribution in [-0.2, 0) is 19.1 Å². The van der Waals surface area contributed by atoms with Gasteiger partial charge in [-0.1, -0.05) is 27.7 Å². The van der Waals surface area contributed by atoms with Crippen LogP contribution in [0.4, 0.5) is 0 Å². The van der Waals surface area contributed by atoms with Gasteiger partial charge in [-0.15, -0.1) is 0 Å². The lowest BCUT2D eigenvalue weighted by Gasteiger charge is -2.17. The van der Waals surface area contributed by atoms with Crippen molar-refractivity contribution in [3.05, 3.63) is 11.1 Å². The highest BCUT2D eigenvalue weighted by atomic mass is 16.5. The van der Waals surface area contributed by atoms with E-state index >= 15 is 0 Å². The summed E-state index contributed by atoms with van der Waals surface area (Å²) in [7, 11) is 0. The SMILES string of the molecule is CCOC(=O)C(CC(C)C)=C(C(=O)OCC)C(C)C. The maximum Gasteiger partial charge on any atom is 0.334 e. The Bertz CT molecular complexity index is 340. The van der Waals surface area contributed by atoms with Gasteiger partial charge in [0.25, 0.3) is 0 Å². The van der Waals surface area contributed by atoms with Crippen LogP contribution in [0.5, 0.6) is 0 Å². The minimum Gasteiger partial charge on any atom is -0.463 e. The molecule has 0 aliphatic carbocycles. The first-order valence-corrected chi connectivity index (χ1v) is 6.92. The molecule has 0 unspecified atom stereocenters. The molecule has 0 saturated heterocycles.